The third-order valence-electron chi connectivity index (χ3n) is 6.69. The fraction of sp³-hybridized carbons (Fsp3) is 0.652. The zero-order chi connectivity index (χ0) is 21.7. The number of rotatable bonds is 5. The third-order valence-corrected chi connectivity index (χ3v) is 6.69. The Labute approximate surface area is 179 Å². The molecule has 0 bridgehead atoms. The highest BCUT2D eigenvalue weighted by atomic mass is 16.6. The predicted octanol–water partition coefficient (Wildman–Crippen LogP) is 2.38. The van der Waals surface area contributed by atoms with E-state index in [2.05, 4.69) is 10.6 Å². The Balaban J connectivity index is 0.00000124. The zero-order valence-electron chi connectivity index (χ0n) is 18.5. The van der Waals surface area contributed by atoms with Crippen LogP contribution in [0, 0.1) is 5.92 Å². The lowest BCUT2D eigenvalue weighted by atomic mass is 9.74. The molecule has 1 saturated carbocycles. The molecule has 1 spiro atoms. The number of nitrogens with zero attached hydrogens (tertiary/aromatic N) is 2. The number of amides is 1. The summed E-state index contributed by atoms with van der Waals surface area (Å²) in [6.45, 7) is 4.07. The van der Waals surface area contributed by atoms with Crippen molar-refractivity contribution in [3.05, 3.63) is 29.3 Å². The van der Waals surface area contributed by atoms with Crippen LogP contribution in [0.1, 0.15) is 54.4 Å². The van der Waals surface area contributed by atoms with Crippen molar-refractivity contribution in [2.75, 3.05) is 47.4 Å². The number of benzene rings is 1. The van der Waals surface area contributed by atoms with Crippen LogP contribution in [0.25, 0.3) is 0 Å². The highest BCUT2D eigenvalue weighted by molar-refractivity contribution is 5.95. The summed E-state index contributed by atoms with van der Waals surface area (Å²) < 4.78 is 11.1. The number of ether oxygens (including phenoxy) is 2. The molecule has 0 unspecified atom stereocenters. The minimum absolute atomic E-state index is 0.0233. The second-order valence-corrected chi connectivity index (χ2v) is 8.38. The van der Waals surface area contributed by atoms with Crippen LogP contribution in [-0.2, 0) is 15.1 Å². The summed E-state index contributed by atoms with van der Waals surface area (Å²) in [6.07, 6.45) is 5.46. The average Bonchev–Trinajstić information content (AvgIpc) is 3.40. The Hall–Kier alpha value is -2.12. The summed E-state index contributed by atoms with van der Waals surface area (Å²) in [5.41, 5.74) is 5.49. The maximum absolute atomic E-state index is 12.9. The molecule has 1 saturated heterocycles. The van der Waals surface area contributed by atoms with Gasteiger partial charge in [0.15, 0.2) is 0 Å². The van der Waals surface area contributed by atoms with E-state index in [0.29, 0.717) is 24.2 Å². The summed E-state index contributed by atoms with van der Waals surface area (Å²) in [4.78, 5) is 29.6. The summed E-state index contributed by atoms with van der Waals surface area (Å²) in [5, 5.41) is 0. The molecule has 0 aromatic heterocycles. The van der Waals surface area contributed by atoms with E-state index in [0.717, 1.165) is 44.6 Å². The van der Waals surface area contributed by atoms with Gasteiger partial charge in [-0.2, -0.15) is 0 Å². The Bertz CT molecular complexity index is 753. The number of hydrogen-bond donors (Lipinski definition) is 1. The molecule has 1 aliphatic carbocycles. The number of nitrogens with two attached hydrogens (primary N) is 1. The Kier molecular flexibility index (Phi) is 7.36. The van der Waals surface area contributed by atoms with Crippen LogP contribution in [0.5, 0.6) is 5.75 Å². The number of hydrogen-bond acceptors (Lipinski definition) is 6. The first-order valence-electron chi connectivity index (χ1n) is 11.0. The lowest BCUT2D eigenvalue weighted by Gasteiger charge is -2.37. The molecule has 1 aromatic rings. The second-order valence-electron chi connectivity index (χ2n) is 8.38. The first kappa shape index (κ1) is 22.6. The number of likely N-dealkylation sites (tertiary alicyclic amines) is 1. The number of carbonyl (C=O) groups excluding carboxylic acids is 2. The van der Waals surface area contributed by atoms with Crippen molar-refractivity contribution in [3.63, 3.8) is 0 Å². The average molecular weight is 418 g/mol. The molecule has 0 atom stereocenters. The summed E-state index contributed by atoms with van der Waals surface area (Å²) in [7, 11) is 5.01. The largest absolute Gasteiger partial charge is 0.497 e. The van der Waals surface area contributed by atoms with Crippen molar-refractivity contribution in [3.8, 4) is 5.75 Å². The van der Waals surface area contributed by atoms with Crippen LogP contribution < -0.4 is 10.5 Å². The lowest BCUT2D eigenvalue weighted by Crippen LogP contribution is -2.41. The van der Waals surface area contributed by atoms with E-state index >= 15 is 0 Å². The second kappa shape index (κ2) is 9.79. The van der Waals surface area contributed by atoms with Crippen LogP contribution in [0.2, 0.25) is 0 Å². The summed E-state index contributed by atoms with van der Waals surface area (Å²) in [5.74, 6) is 0.640. The van der Waals surface area contributed by atoms with Crippen LogP contribution in [0.15, 0.2) is 18.2 Å². The van der Waals surface area contributed by atoms with Crippen molar-refractivity contribution in [1.82, 2.24) is 9.80 Å². The summed E-state index contributed by atoms with van der Waals surface area (Å²) in [6, 6.07) is 5.59. The molecular formula is C23H35N3O4. The molecule has 2 heterocycles. The van der Waals surface area contributed by atoms with Crippen molar-refractivity contribution < 1.29 is 19.1 Å². The molecule has 30 heavy (non-hydrogen) atoms. The first-order chi connectivity index (χ1) is 14.5. The number of likely N-dealkylation sites (N-methyl/N-ethyl adjacent to an activating group) is 1. The van der Waals surface area contributed by atoms with E-state index in [1.165, 1.54) is 19.9 Å². The Morgan fingerprint density at radius 2 is 1.93 bits per heavy atom. The van der Waals surface area contributed by atoms with E-state index in [1.54, 1.807) is 13.2 Å². The molecule has 4 rings (SSSR count). The molecule has 0 radical (unpaired) electrons. The first-order valence-corrected chi connectivity index (χ1v) is 11.0. The van der Waals surface area contributed by atoms with E-state index in [-0.39, 0.29) is 17.8 Å². The van der Waals surface area contributed by atoms with Crippen LogP contribution >= 0.6 is 0 Å². The lowest BCUT2D eigenvalue weighted by molar-refractivity contribution is -0.137. The van der Waals surface area contributed by atoms with Crippen molar-refractivity contribution >= 4 is 11.9 Å². The summed E-state index contributed by atoms with van der Waals surface area (Å²) >= 11 is 0. The van der Waals surface area contributed by atoms with Gasteiger partial charge in [-0.25, -0.2) is 4.79 Å². The van der Waals surface area contributed by atoms with E-state index in [9.17, 15) is 9.59 Å². The van der Waals surface area contributed by atoms with E-state index in [4.69, 9.17) is 9.47 Å². The third kappa shape index (κ3) is 4.47. The van der Waals surface area contributed by atoms with Gasteiger partial charge in [-0.15, -0.1) is 0 Å². The molecule has 166 valence electrons. The normalized spacial score (nSPS) is 25.3. The maximum Gasteiger partial charge on any atom is 0.339 e. The molecule has 1 amide bonds. The van der Waals surface area contributed by atoms with Crippen LogP contribution in [0.4, 0.5) is 0 Å². The van der Waals surface area contributed by atoms with Gasteiger partial charge in [0.25, 0.3) is 0 Å². The standard InChI is InChI=1S/C22H30N2O4.CH5N/c1-23(13-14-24-11-3-4-12-24)20(25)16-7-9-22(10-8-16)19-6-5-17(27-2)15-18(19)21(26)28-22;1-2/h5-6,15-16H,3-4,7-14H2,1-2H3;2H2,1H3. The fourth-order valence-electron chi connectivity index (χ4n) is 4.93. The highest BCUT2D eigenvalue weighted by Gasteiger charge is 2.48. The van der Waals surface area contributed by atoms with E-state index in [1.807, 2.05) is 24.1 Å². The van der Waals surface area contributed by atoms with Crippen molar-refractivity contribution in [2.45, 2.75) is 44.1 Å². The van der Waals surface area contributed by atoms with Gasteiger partial charge in [0.1, 0.15) is 11.4 Å². The molecule has 2 fully saturated rings. The Morgan fingerprint density at radius 3 is 2.57 bits per heavy atom. The molecule has 2 aliphatic heterocycles. The maximum atomic E-state index is 12.9. The SMILES string of the molecule is CN.COc1ccc2c(c1)C(=O)OC21CCC(C(=O)N(C)CCN2CCCC2)CC1. The molecule has 2 N–H and O–H groups in total. The van der Waals surface area contributed by atoms with Gasteiger partial charge < -0.3 is 25.0 Å². The molecule has 3 aliphatic rings. The smallest absolute Gasteiger partial charge is 0.339 e. The molecule has 1 aromatic carbocycles. The quantitative estimate of drug-likeness (QED) is 0.741. The van der Waals surface area contributed by atoms with Crippen molar-refractivity contribution in [2.24, 2.45) is 11.7 Å². The van der Waals surface area contributed by atoms with Gasteiger partial charge in [0.2, 0.25) is 5.91 Å². The topological polar surface area (TPSA) is 85.1 Å². The van der Waals surface area contributed by atoms with Gasteiger partial charge in [-0.05, 0) is 70.8 Å². The monoisotopic (exact) mass is 417 g/mol. The van der Waals surface area contributed by atoms with Gasteiger partial charge in [0, 0.05) is 31.6 Å². The predicted molar refractivity (Wildman–Crippen MR) is 115 cm³/mol. The van der Waals surface area contributed by atoms with Gasteiger partial charge >= 0.3 is 5.97 Å². The number of methoxy groups -OCH3 is 1. The number of esters is 1. The minimum Gasteiger partial charge on any atom is -0.497 e. The van der Waals surface area contributed by atoms with Crippen LogP contribution in [0.3, 0.4) is 0 Å². The van der Waals surface area contributed by atoms with Gasteiger partial charge in [-0.3, -0.25) is 4.79 Å². The number of carbonyl (C=O) groups is 2. The molecular weight excluding hydrogens is 382 g/mol. The van der Waals surface area contributed by atoms with Gasteiger partial charge in [0.05, 0.1) is 12.7 Å². The van der Waals surface area contributed by atoms with Gasteiger partial charge in [-0.1, -0.05) is 6.07 Å². The fourth-order valence-corrected chi connectivity index (χ4v) is 4.93. The molecule has 7 heteroatoms. The minimum atomic E-state index is -0.566. The van der Waals surface area contributed by atoms with Crippen LogP contribution in [-0.4, -0.2) is 69.1 Å². The highest BCUT2D eigenvalue weighted by Crippen LogP contribution is 2.48. The Morgan fingerprint density at radius 1 is 1.27 bits per heavy atom. The molecule has 7 nitrogen and oxygen atoms in total. The van der Waals surface area contributed by atoms with Crippen molar-refractivity contribution in [1.29, 1.82) is 0 Å². The zero-order valence-corrected chi connectivity index (χ0v) is 18.5. The van der Waals surface area contributed by atoms with E-state index < -0.39 is 5.60 Å². The number of fused-ring (bicyclic) bond motifs is 2.